The van der Waals surface area contributed by atoms with Crippen molar-refractivity contribution in [2.75, 3.05) is 20.3 Å². The molecule has 0 saturated carbocycles. The zero-order valence-electron chi connectivity index (χ0n) is 20.4. The fourth-order valence-electron chi connectivity index (χ4n) is 3.89. The second kappa shape index (κ2) is 11.7. The maximum absolute atomic E-state index is 12.9. The van der Waals surface area contributed by atoms with Crippen LogP contribution in [0.2, 0.25) is 5.02 Å². The number of carbonyl (C=O) groups is 2. The summed E-state index contributed by atoms with van der Waals surface area (Å²) < 4.78 is 59.8. The van der Waals surface area contributed by atoms with Gasteiger partial charge in [0.1, 0.15) is 29.0 Å². The standard InChI is InChI=1S/C26H22ClF3N2O7/c1-36-24-15(4-7-22(32-24)26(28,29)30)8-10-31-23(33)14-2-5-16(6-3-14)38-21-13-20-17(12-18(21)27)19(9-11-37-20)39-25(34)35/h2-7,12-13,19H,8-11H2,1H3,(H,31,33)(H,34,35). The number of carboxylic acid groups (broad SMARTS) is 1. The van der Waals surface area contributed by atoms with Crippen LogP contribution in [-0.4, -0.2) is 42.4 Å². The van der Waals surface area contributed by atoms with Crippen molar-refractivity contribution in [1.82, 2.24) is 10.3 Å². The molecule has 1 aromatic heterocycles. The Morgan fingerprint density at radius 1 is 1.18 bits per heavy atom. The molecule has 2 aromatic carbocycles. The van der Waals surface area contributed by atoms with Gasteiger partial charge in [-0.3, -0.25) is 4.79 Å². The van der Waals surface area contributed by atoms with E-state index in [9.17, 15) is 22.8 Å². The van der Waals surface area contributed by atoms with Gasteiger partial charge in [-0.05, 0) is 42.8 Å². The van der Waals surface area contributed by atoms with Gasteiger partial charge in [0.25, 0.3) is 5.91 Å². The number of benzene rings is 2. The summed E-state index contributed by atoms with van der Waals surface area (Å²) in [6.45, 7) is 0.399. The molecule has 1 atom stereocenters. The molecule has 0 fully saturated rings. The minimum Gasteiger partial charge on any atom is -0.493 e. The third kappa shape index (κ3) is 6.82. The van der Waals surface area contributed by atoms with E-state index < -0.39 is 30.0 Å². The number of methoxy groups -OCH3 is 1. The maximum atomic E-state index is 12.9. The Morgan fingerprint density at radius 2 is 1.92 bits per heavy atom. The number of hydrogen-bond acceptors (Lipinski definition) is 7. The van der Waals surface area contributed by atoms with Gasteiger partial charge in [-0.25, -0.2) is 9.78 Å². The van der Waals surface area contributed by atoms with Gasteiger partial charge in [-0.15, -0.1) is 0 Å². The van der Waals surface area contributed by atoms with E-state index in [0.29, 0.717) is 34.6 Å². The first-order chi connectivity index (χ1) is 18.5. The van der Waals surface area contributed by atoms with Crippen molar-refractivity contribution in [3.63, 3.8) is 0 Å². The number of pyridine rings is 1. The van der Waals surface area contributed by atoms with Crippen LogP contribution in [0.1, 0.15) is 39.7 Å². The first-order valence-electron chi connectivity index (χ1n) is 11.6. The molecule has 1 aliphatic rings. The third-order valence-corrected chi connectivity index (χ3v) is 6.03. The number of nitrogens with one attached hydrogen (secondary N) is 1. The number of fused-ring (bicyclic) bond motifs is 1. The quantitative estimate of drug-likeness (QED) is 0.317. The van der Waals surface area contributed by atoms with E-state index in [0.717, 1.165) is 6.07 Å². The van der Waals surface area contributed by atoms with Gasteiger partial charge in [-0.2, -0.15) is 13.2 Å². The second-order valence-corrected chi connectivity index (χ2v) is 8.73. The van der Waals surface area contributed by atoms with Crippen molar-refractivity contribution < 1.29 is 46.8 Å². The topological polar surface area (TPSA) is 116 Å². The van der Waals surface area contributed by atoms with E-state index in [1.165, 1.54) is 31.4 Å². The van der Waals surface area contributed by atoms with Crippen molar-refractivity contribution in [1.29, 1.82) is 0 Å². The van der Waals surface area contributed by atoms with Gasteiger partial charge in [0.15, 0.2) is 0 Å². The van der Waals surface area contributed by atoms with Gasteiger partial charge in [0, 0.05) is 35.7 Å². The third-order valence-electron chi connectivity index (χ3n) is 5.74. The van der Waals surface area contributed by atoms with E-state index in [2.05, 4.69) is 10.3 Å². The maximum Gasteiger partial charge on any atom is 0.506 e. The predicted octanol–water partition coefficient (Wildman–Crippen LogP) is 6.05. The highest BCUT2D eigenvalue weighted by Crippen LogP contribution is 2.42. The fraction of sp³-hybridized carbons (Fsp3) is 0.269. The Bertz CT molecular complexity index is 1370. The number of alkyl halides is 3. The molecule has 4 rings (SSSR count). The van der Waals surface area contributed by atoms with E-state index in [4.69, 9.17) is 35.7 Å². The van der Waals surface area contributed by atoms with Crippen LogP contribution in [0.4, 0.5) is 18.0 Å². The number of rotatable bonds is 8. The Labute approximate surface area is 225 Å². The number of halogens is 4. The fourth-order valence-corrected chi connectivity index (χ4v) is 4.10. The van der Waals surface area contributed by atoms with Gasteiger partial charge >= 0.3 is 12.3 Å². The monoisotopic (exact) mass is 566 g/mol. The van der Waals surface area contributed by atoms with Crippen LogP contribution in [0.25, 0.3) is 0 Å². The molecule has 0 aliphatic carbocycles. The molecule has 0 saturated heterocycles. The van der Waals surface area contributed by atoms with Gasteiger partial charge in [-0.1, -0.05) is 17.7 Å². The molecule has 3 aromatic rings. The van der Waals surface area contributed by atoms with Crippen LogP contribution in [0.3, 0.4) is 0 Å². The van der Waals surface area contributed by atoms with Crippen LogP contribution in [-0.2, 0) is 17.3 Å². The smallest absolute Gasteiger partial charge is 0.493 e. The summed E-state index contributed by atoms with van der Waals surface area (Å²) in [5.74, 6) is 0.482. The largest absolute Gasteiger partial charge is 0.506 e. The van der Waals surface area contributed by atoms with Gasteiger partial charge in [0.05, 0.1) is 18.7 Å². The van der Waals surface area contributed by atoms with Crippen molar-refractivity contribution in [3.8, 4) is 23.1 Å². The zero-order chi connectivity index (χ0) is 28.2. The van der Waals surface area contributed by atoms with Crippen molar-refractivity contribution in [2.45, 2.75) is 25.1 Å². The van der Waals surface area contributed by atoms with Crippen LogP contribution in [0, 0.1) is 0 Å². The molecule has 0 bridgehead atoms. The normalized spacial score (nSPS) is 14.5. The Balaban J connectivity index is 1.36. The summed E-state index contributed by atoms with van der Waals surface area (Å²) in [6.07, 6.45) is -6.13. The molecule has 39 heavy (non-hydrogen) atoms. The Morgan fingerprint density at radius 3 is 2.59 bits per heavy atom. The number of nitrogens with zero attached hydrogens (tertiary/aromatic N) is 1. The number of aromatic nitrogens is 1. The second-order valence-electron chi connectivity index (χ2n) is 8.32. The number of carbonyl (C=O) groups excluding carboxylic acids is 1. The first kappa shape index (κ1) is 27.8. The minimum atomic E-state index is -4.59. The van der Waals surface area contributed by atoms with E-state index >= 15 is 0 Å². The predicted molar refractivity (Wildman–Crippen MR) is 132 cm³/mol. The van der Waals surface area contributed by atoms with Crippen LogP contribution < -0.4 is 19.5 Å². The lowest BCUT2D eigenvalue weighted by Crippen LogP contribution is -2.25. The van der Waals surface area contributed by atoms with Crippen molar-refractivity contribution in [2.24, 2.45) is 0 Å². The summed E-state index contributed by atoms with van der Waals surface area (Å²) >= 11 is 6.34. The van der Waals surface area contributed by atoms with Crippen LogP contribution >= 0.6 is 11.6 Å². The SMILES string of the molecule is COc1nc(C(F)(F)F)ccc1CCNC(=O)c1ccc(Oc2cc3c(cc2Cl)C(OC(=O)O)CCO3)cc1. The van der Waals surface area contributed by atoms with Crippen LogP contribution in [0.5, 0.6) is 23.1 Å². The average Bonchev–Trinajstić information content (AvgIpc) is 2.89. The zero-order valence-corrected chi connectivity index (χ0v) is 21.1. The molecule has 0 radical (unpaired) electrons. The van der Waals surface area contributed by atoms with Crippen molar-refractivity contribution >= 4 is 23.7 Å². The minimum absolute atomic E-state index is 0.137. The molecule has 1 unspecified atom stereocenters. The highest BCUT2D eigenvalue weighted by Gasteiger charge is 2.33. The number of amides is 1. The Kier molecular flexibility index (Phi) is 8.34. The van der Waals surface area contributed by atoms with Crippen LogP contribution in [0.15, 0.2) is 48.5 Å². The van der Waals surface area contributed by atoms with E-state index in [-0.39, 0.29) is 36.2 Å². The summed E-state index contributed by atoms with van der Waals surface area (Å²) in [7, 11) is 1.23. The summed E-state index contributed by atoms with van der Waals surface area (Å²) in [6, 6.07) is 11.4. The van der Waals surface area contributed by atoms with Gasteiger partial charge < -0.3 is 29.4 Å². The Hall–Kier alpha value is -4.19. The molecule has 2 N–H and O–H groups in total. The summed E-state index contributed by atoms with van der Waals surface area (Å²) in [5.41, 5.74) is 0.183. The molecule has 206 valence electrons. The number of hydrogen-bond donors (Lipinski definition) is 2. The molecular weight excluding hydrogens is 545 g/mol. The first-order valence-corrected chi connectivity index (χ1v) is 12.0. The van der Waals surface area contributed by atoms with Gasteiger partial charge in [0.2, 0.25) is 5.88 Å². The van der Waals surface area contributed by atoms with E-state index in [1.54, 1.807) is 18.2 Å². The van der Waals surface area contributed by atoms with Crippen molar-refractivity contribution in [3.05, 3.63) is 75.9 Å². The highest BCUT2D eigenvalue weighted by molar-refractivity contribution is 6.32. The summed E-state index contributed by atoms with van der Waals surface area (Å²) in [4.78, 5) is 27.0. The molecular formula is C26H22ClF3N2O7. The molecule has 1 aliphatic heterocycles. The lowest BCUT2D eigenvalue weighted by atomic mass is 10.0. The molecule has 1 amide bonds. The van der Waals surface area contributed by atoms with E-state index in [1.807, 2.05) is 0 Å². The molecule has 13 heteroatoms. The highest BCUT2D eigenvalue weighted by atomic mass is 35.5. The molecule has 0 spiro atoms. The molecule has 2 heterocycles. The summed E-state index contributed by atoms with van der Waals surface area (Å²) in [5, 5.41) is 11.8. The lowest BCUT2D eigenvalue weighted by molar-refractivity contribution is -0.141. The average molecular weight is 567 g/mol. The lowest BCUT2D eigenvalue weighted by Gasteiger charge is -2.25. The number of ether oxygens (including phenoxy) is 4. The molecule has 9 nitrogen and oxygen atoms in total.